The highest BCUT2D eigenvalue weighted by molar-refractivity contribution is 7.80. The fourth-order valence-corrected chi connectivity index (χ4v) is 2.06. The highest BCUT2D eigenvalue weighted by Gasteiger charge is 2.07. The first kappa shape index (κ1) is 12.5. The van der Waals surface area contributed by atoms with Crippen LogP contribution in [0, 0.1) is 0 Å². The molecular weight excluding hydrogens is 252 g/mol. The Hall–Kier alpha value is -1.00. The summed E-state index contributed by atoms with van der Waals surface area (Å²) in [6.07, 6.45) is 3.05. The molecular formula is C13H14O2S2. The first-order chi connectivity index (χ1) is 8.27. The third-order valence-corrected chi connectivity index (χ3v) is 3.32. The van der Waals surface area contributed by atoms with Crippen LogP contribution in [0.25, 0.3) is 0 Å². The largest absolute Gasteiger partial charge is 0.483 e. The van der Waals surface area contributed by atoms with E-state index in [0.29, 0.717) is 23.3 Å². The van der Waals surface area contributed by atoms with E-state index in [2.05, 4.69) is 0 Å². The lowest BCUT2D eigenvalue weighted by Crippen LogP contribution is -2.06. The Morgan fingerprint density at radius 1 is 0.706 bits per heavy atom. The van der Waals surface area contributed by atoms with Gasteiger partial charge in [0.25, 0.3) is 0 Å². The Morgan fingerprint density at radius 2 is 1.12 bits per heavy atom. The summed E-state index contributed by atoms with van der Waals surface area (Å²) in [7, 11) is 0. The van der Waals surface area contributed by atoms with Gasteiger partial charge in [0.15, 0.2) is 10.1 Å². The van der Waals surface area contributed by atoms with Crippen LogP contribution in [0.1, 0.15) is 30.4 Å². The molecule has 0 radical (unpaired) electrons. The number of benzene rings is 1. The topological polar surface area (TPSA) is 18.5 Å². The highest BCUT2D eigenvalue weighted by Crippen LogP contribution is 2.11. The SMILES string of the molecule is S=C1OCCCCCOC(=S)c2ccc1cc2. The van der Waals surface area contributed by atoms with Crippen molar-refractivity contribution >= 4 is 34.5 Å². The van der Waals surface area contributed by atoms with Gasteiger partial charge in [-0.05, 0) is 68.0 Å². The molecule has 2 heterocycles. The number of rotatable bonds is 0. The predicted molar refractivity (Wildman–Crippen MR) is 75.6 cm³/mol. The van der Waals surface area contributed by atoms with Gasteiger partial charge in [-0.3, -0.25) is 0 Å². The van der Waals surface area contributed by atoms with Crippen molar-refractivity contribution < 1.29 is 9.47 Å². The number of ether oxygens (including phenoxy) is 2. The molecule has 2 nitrogen and oxygen atoms in total. The third-order valence-electron chi connectivity index (χ3n) is 2.61. The first-order valence-corrected chi connectivity index (χ1v) is 6.53. The monoisotopic (exact) mass is 266 g/mol. The Labute approximate surface area is 112 Å². The number of fused-ring (bicyclic) bond motifs is 10. The van der Waals surface area contributed by atoms with Gasteiger partial charge < -0.3 is 9.47 Å². The van der Waals surface area contributed by atoms with Crippen LogP contribution < -0.4 is 0 Å². The molecule has 2 aliphatic rings. The van der Waals surface area contributed by atoms with E-state index in [0.717, 1.165) is 30.4 Å². The molecule has 4 heteroatoms. The van der Waals surface area contributed by atoms with Crippen molar-refractivity contribution in [3.05, 3.63) is 35.4 Å². The molecule has 3 rings (SSSR count). The van der Waals surface area contributed by atoms with E-state index in [1.807, 2.05) is 24.3 Å². The molecule has 0 aromatic heterocycles. The van der Waals surface area contributed by atoms with Crippen molar-refractivity contribution in [1.82, 2.24) is 0 Å². The Morgan fingerprint density at radius 3 is 1.53 bits per heavy atom. The summed E-state index contributed by atoms with van der Waals surface area (Å²) in [5.41, 5.74) is 1.84. The van der Waals surface area contributed by atoms with Gasteiger partial charge in [0.2, 0.25) is 0 Å². The van der Waals surface area contributed by atoms with Crippen LogP contribution in [0.4, 0.5) is 0 Å². The van der Waals surface area contributed by atoms with Gasteiger partial charge in [-0.25, -0.2) is 0 Å². The van der Waals surface area contributed by atoms with Crippen molar-refractivity contribution in [3.63, 3.8) is 0 Å². The standard InChI is InChI=1S/C13H14O2S2/c16-12-10-4-6-11(7-5-10)13(17)15-9-3-1-2-8-14-12/h4-7H,1-3,8-9H2. The molecule has 2 bridgehead atoms. The normalized spacial score (nSPS) is 17.4. The molecule has 90 valence electrons. The van der Waals surface area contributed by atoms with E-state index < -0.39 is 0 Å². The summed E-state index contributed by atoms with van der Waals surface area (Å²) >= 11 is 10.4. The summed E-state index contributed by atoms with van der Waals surface area (Å²) < 4.78 is 11.0. The lowest BCUT2D eigenvalue weighted by atomic mass is 10.1. The second-order valence-corrected chi connectivity index (χ2v) is 4.65. The number of hydrogen-bond donors (Lipinski definition) is 0. The van der Waals surface area contributed by atoms with Gasteiger partial charge in [-0.2, -0.15) is 0 Å². The zero-order valence-electron chi connectivity index (χ0n) is 9.48. The lowest BCUT2D eigenvalue weighted by molar-refractivity contribution is 0.275. The van der Waals surface area contributed by atoms with Crippen molar-refractivity contribution in [2.45, 2.75) is 19.3 Å². The van der Waals surface area contributed by atoms with E-state index in [1.54, 1.807) is 0 Å². The van der Waals surface area contributed by atoms with Gasteiger partial charge >= 0.3 is 0 Å². The number of thiocarbonyl (C=S) groups is 2. The van der Waals surface area contributed by atoms with Crippen LogP contribution in [0.3, 0.4) is 0 Å². The van der Waals surface area contributed by atoms with Crippen LogP contribution in [0.2, 0.25) is 0 Å². The van der Waals surface area contributed by atoms with E-state index in [9.17, 15) is 0 Å². The maximum atomic E-state index is 5.52. The van der Waals surface area contributed by atoms with Crippen LogP contribution in [-0.4, -0.2) is 23.3 Å². The van der Waals surface area contributed by atoms with Crippen molar-refractivity contribution in [2.24, 2.45) is 0 Å². The van der Waals surface area contributed by atoms with E-state index in [1.165, 1.54) is 0 Å². The van der Waals surface area contributed by atoms with Crippen LogP contribution in [0.5, 0.6) is 0 Å². The summed E-state index contributed by atoms with van der Waals surface area (Å²) in [5.74, 6) is 0. The molecule has 0 unspecified atom stereocenters. The molecule has 17 heavy (non-hydrogen) atoms. The molecule has 0 aliphatic carbocycles. The predicted octanol–water partition coefficient (Wildman–Crippen LogP) is 3.25. The summed E-state index contributed by atoms with van der Waals surface area (Å²) in [6.45, 7) is 1.34. The van der Waals surface area contributed by atoms with Crippen molar-refractivity contribution in [2.75, 3.05) is 13.2 Å². The maximum absolute atomic E-state index is 5.52. The Bertz CT molecular complexity index is 373. The highest BCUT2D eigenvalue weighted by atomic mass is 32.1. The second-order valence-electron chi connectivity index (χ2n) is 3.91. The summed E-state index contributed by atoms with van der Waals surface area (Å²) in [6, 6.07) is 7.69. The van der Waals surface area contributed by atoms with Gasteiger partial charge in [0.1, 0.15) is 0 Å². The lowest BCUT2D eigenvalue weighted by Gasteiger charge is -2.07. The zero-order valence-corrected chi connectivity index (χ0v) is 11.1. The molecule has 1 aromatic carbocycles. The van der Waals surface area contributed by atoms with E-state index in [4.69, 9.17) is 33.9 Å². The molecule has 0 fully saturated rings. The van der Waals surface area contributed by atoms with Crippen LogP contribution in [0.15, 0.2) is 24.3 Å². The molecule has 0 atom stereocenters. The molecule has 0 amide bonds. The molecule has 0 saturated heterocycles. The average Bonchev–Trinajstić information content (AvgIpc) is 2.38. The molecule has 2 aliphatic heterocycles. The van der Waals surface area contributed by atoms with Gasteiger partial charge in [0, 0.05) is 11.1 Å². The fourth-order valence-electron chi connectivity index (χ4n) is 1.62. The summed E-state index contributed by atoms with van der Waals surface area (Å²) in [4.78, 5) is 0. The van der Waals surface area contributed by atoms with Gasteiger partial charge in [-0.1, -0.05) is 0 Å². The molecule has 1 aromatic rings. The quantitative estimate of drug-likeness (QED) is 0.671. The minimum Gasteiger partial charge on any atom is -0.483 e. The Balaban J connectivity index is 2.18. The smallest absolute Gasteiger partial charge is 0.191 e. The molecule has 0 N–H and O–H groups in total. The molecule has 0 spiro atoms. The third kappa shape index (κ3) is 3.48. The molecule has 0 saturated carbocycles. The maximum Gasteiger partial charge on any atom is 0.191 e. The minimum absolute atomic E-state index is 0.558. The van der Waals surface area contributed by atoms with Crippen molar-refractivity contribution in [1.29, 1.82) is 0 Å². The summed E-state index contributed by atoms with van der Waals surface area (Å²) in [5, 5.41) is 1.12. The number of hydrogen-bond acceptors (Lipinski definition) is 4. The van der Waals surface area contributed by atoms with Gasteiger partial charge in [-0.15, -0.1) is 0 Å². The van der Waals surface area contributed by atoms with E-state index >= 15 is 0 Å². The minimum atomic E-state index is 0.558. The first-order valence-electron chi connectivity index (χ1n) is 5.72. The zero-order chi connectivity index (χ0) is 12.1. The second kappa shape index (κ2) is 6.07. The van der Waals surface area contributed by atoms with Crippen LogP contribution >= 0.6 is 24.4 Å². The fraction of sp³-hybridized carbons (Fsp3) is 0.385. The average molecular weight is 266 g/mol. The van der Waals surface area contributed by atoms with E-state index in [-0.39, 0.29) is 0 Å². The van der Waals surface area contributed by atoms with Crippen LogP contribution in [-0.2, 0) is 9.47 Å². The Kier molecular flexibility index (Phi) is 4.45. The van der Waals surface area contributed by atoms with Crippen molar-refractivity contribution in [3.8, 4) is 0 Å². The van der Waals surface area contributed by atoms with Gasteiger partial charge in [0.05, 0.1) is 13.2 Å².